The number of ether oxygens (including phenoxy) is 1. The van der Waals surface area contributed by atoms with Gasteiger partial charge < -0.3 is 15.2 Å². The highest BCUT2D eigenvalue weighted by molar-refractivity contribution is 5.80. The van der Waals surface area contributed by atoms with Crippen molar-refractivity contribution in [1.82, 2.24) is 5.32 Å². The second-order valence-corrected chi connectivity index (χ2v) is 6.82. The third-order valence-electron chi connectivity index (χ3n) is 3.76. The summed E-state index contributed by atoms with van der Waals surface area (Å²) in [6, 6.07) is 7.65. The number of hydrogen-bond donors (Lipinski definition) is 2. The normalized spacial score (nSPS) is 17.1. The van der Waals surface area contributed by atoms with Crippen LogP contribution in [0, 0.1) is 5.92 Å². The van der Waals surface area contributed by atoms with E-state index in [1.807, 2.05) is 24.3 Å². The zero-order valence-electron chi connectivity index (χ0n) is 14.2. The van der Waals surface area contributed by atoms with Gasteiger partial charge in [-0.3, -0.25) is 9.59 Å². The molecule has 1 amide bonds. The number of carbonyl (C=O) groups excluding carboxylic acids is 1. The molecule has 2 N–H and O–H groups in total. The van der Waals surface area contributed by atoms with Crippen LogP contribution in [0.15, 0.2) is 48.2 Å². The van der Waals surface area contributed by atoms with Crippen LogP contribution in [0.5, 0.6) is 5.75 Å². The van der Waals surface area contributed by atoms with Crippen LogP contribution in [0.1, 0.15) is 32.8 Å². The molecule has 1 aromatic carbocycles. The molecule has 0 bridgehead atoms. The number of aliphatic carboxylic acids is 1. The molecule has 0 saturated carbocycles. The zero-order valence-corrected chi connectivity index (χ0v) is 14.2. The molecule has 5 heteroatoms. The summed E-state index contributed by atoms with van der Waals surface area (Å²) in [5.74, 6) is -1.20. The monoisotopic (exact) mass is 329 g/mol. The third-order valence-corrected chi connectivity index (χ3v) is 3.76. The Hall–Kier alpha value is -2.56. The zero-order chi connectivity index (χ0) is 17.7. The minimum Gasteiger partial charge on any atom is -0.484 e. The molecule has 1 aliphatic rings. The van der Waals surface area contributed by atoms with Crippen molar-refractivity contribution in [2.45, 2.75) is 32.6 Å². The molecule has 0 aliphatic heterocycles. The van der Waals surface area contributed by atoms with Gasteiger partial charge in [0.15, 0.2) is 6.61 Å². The van der Waals surface area contributed by atoms with Gasteiger partial charge in [0, 0.05) is 5.70 Å². The van der Waals surface area contributed by atoms with Crippen LogP contribution in [-0.2, 0) is 15.0 Å². The molecule has 24 heavy (non-hydrogen) atoms. The molecule has 1 aliphatic carbocycles. The van der Waals surface area contributed by atoms with E-state index >= 15 is 0 Å². The lowest BCUT2D eigenvalue weighted by atomic mass is 9.87. The van der Waals surface area contributed by atoms with E-state index in [0.717, 1.165) is 0 Å². The first kappa shape index (κ1) is 17.8. The summed E-state index contributed by atoms with van der Waals surface area (Å²) < 4.78 is 5.47. The van der Waals surface area contributed by atoms with Crippen molar-refractivity contribution >= 4 is 11.9 Å². The van der Waals surface area contributed by atoms with Crippen LogP contribution < -0.4 is 10.1 Å². The highest BCUT2D eigenvalue weighted by Gasteiger charge is 2.17. The Morgan fingerprint density at radius 2 is 1.92 bits per heavy atom. The van der Waals surface area contributed by atoms with E-state index < -0.39 is 11.9 Å². The Morgan fingerprint density at radius 3 is 2.50 bits per heavy atom. The van der Waals surface area contributed by atoms with Gasteiger partial charge in [0.25, 0.3) is 5.91 Å². The van der Waals surface area contributed by atoms with Crippen LogP contribution in [0.4, 0.5) is 0 Å². The van der Waals surface area contributed by atoms with E-state index in [4.69, 9.17) is 9.84 Å². The van der Waals surface area contributed by atoms with Crippen LogP contribution in [-0.4, -0.2) is 23.6 Å². The molecule has 0 aromatic heterocycles. The van der Waals surface area contributed by atoms with E-state index in [0.29, 0.717) is 17.9 Å². The third kappa shape index (κ3) is 4.98. The standard InChI is InChI=1S/C19H23NO4/c1-19(2,3)14-7-9-16(10-8-14)24-12-17(21)20-15-6-4-5-13(11-15)18(22)23/h4,6-11,13H,5,12H2,1-3H3,(H,20,21)(H,22,23)/t13-/m1/s1. The maximum atomic E-state index is 11.9. The smallest absolute Gasteiger partial charge is 0.310 e. The van der Waals surface area contributed by atoms with Gasteiger partial charge in [-0.25, -0.2) is 0 Å². The number of carboxylic acids is 1. The van der Waals surface area contributed by atoms with Gasteiger partial charge in [0.05, 0.1) is 5.92 Å². The average Bonchev–Trinajstić information content (AvgIpc) is 2.53. The maximum Gasteiger partial charge on any atom is 0.310 e. The second kappa shape index (κ2) is 7.34. The van der Waals surface area contributed by atoms with Crippen LogP contribution in [0.3, 0.4) is 0 Å². The number of amides is 1. The number of hydrogen-bond acceptors (Lipinski definition) is 3. The predicted molar refractivity (Wildman–Crippen MR) is 91.7 cm³/mol. The highest BCUT2D eigenvalue weighted by atomic mass is 16.5. The van der Waals surface area contributed by atoms with E-state index in [9.17, 15) is 9.59 Å². The van der Waals surface area contributed by atoms with Crippen molar-refractivity contribution in [3.8, 4) is 5.75 Å². The molecule has 0 radical (unpaired) electrons. The molecular weight excluding hydrogens is 306 g/mol. The topological polar surface area (TPSA) is 75.6 Å². The number of allylic oxidation sites excluding steroid dienone is 2. The first-order valence-electron chi connectivity index (χ1n) is 7.90. The summed E-state index contributed by atoms with van der Waals surface area (Å²) in [4.78, 5) is 22.9. The number of rotatable bonds is 5. The lowest BCUT2D eigenvalue weighted by Crippen LogP contribution is -2.29. The summed E-state index contributed by atoms with van der Waals surface area (Å²) in [7, 11) is 0. The number of carboxylic acid groups (broad SMARTS) is 1. The lowest BCUT2D eigenvalue weighted by molar-refractivity contribution is -0.140. The van der Waals surface area contributed by atoms with E-state index in [1.54, 1.807) is 18.2 Å². The van der Waals surface area contributed by atoms with Crippen molar-refractivity contribution in [1.29, 1.82) is 0 Å². The fourth-order valence-corrected chi connectivity index (χ4v) is 2.33. The molecule has 0 spiro atoms. The van der Waals surface area contributed by atoms with E-state index in [1.165, 1.54) is 5.56 Å². The summed E-state index contributed by atoms with van der Waals surface area (Å²) in [6.45, 7) is 6.27. The van der Waals surface area contributed by atoms with Gasteiger partial charge >= 0.3 is 5.97 Å². The Morgan fingerprint density at radius 1 is 1.25 bits per heavy atom. The Bertz CT molecular complexity index is 666. The fraction of sp³-hybridized carbons (Fsp3) is 0.368. The Kier molecular flexibility index (Phi) is 5.44. The summed E-state index contributed by atoms with van der Waals surface area (Å²) >= 11 is 0. The first-order chi connectivity index (χ1) is 11.3. The van der Waals surface area contributed by atoms with Gasteiger partial charge in [-0.05, 0) is 41.7 Å². The first-order valence-corrected chi connectivity index (χ1v) is 7.90. The van der Waals surface area contributed by atoms with Gasteiger partial charge in [-0.2, -0.15) is 0 Å². The minimum atomic E-state index is -0.902. The number of carbonyl (C=O) groups is 2. The molecule has 2 rings (SSSR count). The largest absolute Gasteiger partial charge is 0.484 e. The van der Waals surface area contributed by atoms with E-state index in [-0.39, 0.29) is 17.9 Å². The predicted octanol–water partition coefficient (Wildman–Crippen LogP) is 3.02. The molecule has 5 nitrogen and oxygen atoms in total. The van der Waals surface area contributed by atoms with Gasteiger partial charge in [0.2, 0.25) is 0 Å². The van der Waals surface area contributed by atoms with Crippen molar-refractivity contribution in [2.75, 3.05) is 6.61 Å². The van der Waals surface area contributed by atoms with Crippen molar-refractivity contribution < 1.29 is 19.4 Å². The van der Waals surface area contributed by atoms with Gasteiger partial charge in [0.1, 0.15) is 5.75 Å². The van der Waals surface area contributed by atoms with Crippen LogP contribution in [0.25, 0.3) is 0 Å². The molecule has 0 saturated heterocycles. The molecule has 1 atom stereocenters. The summed E-state index contributed by atoms with van der Waals surface area (Å²) in [6.07, 6.45) is 5.42. The molecule has 1 aromatic rings. The molecule has 0 heterocycles. The van der Waals surface area contributed by atoms with Crippen molar-refractivity contribution in [2.24, 2.45) is 5.92 Å². The molecule has 0 fully saturated rings. The maximum absolute atomic E-state index is 11.9. The molecule has 0 unspecified atom stereocenters. The average molecular weight is 329 g/mol. The van der Waals surface area contributed by atoms with Gasteiger partial charge in [-0.1, -0.05) is 39.0 Å². The van der Waals surface area contributed by atoms with Crippen LogP contribution >= 0.6 is 0 Å². The summed E-state index contributed by atoms with van der Waals surface area (Å²) in [5, 5.41) is 11.7. The Labute approximate surface area is 142 Å². The highest BCUT2D eigenvalue weighted by Crippen LogP contribution is 2.24. The Balaban J connectivity index is 1.87. The number of benzene rings is 1. The summed E-state index contributed by atoms with van der Waals surface area (Å²) in [5.41, 5.74) is 1.75. The fourth-order valence-electron chi connectivity index (χ4n) is 2.33. The van der Waals surface area contributed by atoms with Gasteiger partial charge in [-0.15, -0.1) is 0 Å². The van der Waals surface area contributed by atoms with E-state index in [2.05, 4.69) is 26.1 Å². The van der Waals surface area contributed by atoms with Crippen LogP contribution in [0.2, 0.25) is 0 Å². The SMILES string of the molecule is CC(C)(C)c1ccc(OCC(=O)NC2=C[C@H](C(=O)O)CC=C2)cc1. The minimum absolute atomic E-state index is 0.0659. The van der Waals surface area contributed by atoms with Crippen molar-refractivity contribution in [3.63, 3.8) is 0 Å². The molecular formula is C19H23NO4. The second-order valence-electron chi connectivity index (χ2n) is 6.82. The molecule has 128 valence electrons. The lowest BCUT2D eigenvalue weighted by Gasteiger charge is -2.19. The van der Waals surface area contributed by atoms with Crippen molar-refractivity contribution in [3.05, 3.63) is 53.8 Å². The quantitative estimate of drug-likeness (QED) is 0.870. The number of nitrogens with one attached hydrogen (secondary N) is 1.